The quantitative estimate of drug-likeness (QED) is 0.742. The van der Waals surface area contributed by atoms with Crippen molar-refractivity contribution in [2.45, 2.75) is 19.3 Å². The third-order valence-corrected chi connectivity index (χ3v) is 5.00. The second-order valence-corrected chi connectivity index (χ2v) is 6.73. The summed E-state index contributed by atoms with van der Waals surface area (Å²) in [6.45, 7) is 0.913. The molecule has 1 aliphatic heterocycles. The smallest absolute Gasteiger partial charge is 0.133 e. The van der Waals surface area contributed by atoms with Crippen LogP contribution in [0, 0.1) is 11.3 Å². The third-order valence-electron chi connectivity index (χ3n) is 5.00. The van der Waals surface area contributed by atoms with Gasteiger partial charge in [0, 0.05) is 23.7 Å². The van der Waals surface area contributed by atoms with Crippen LogP contribution in [0.5, 0.6) is 11.5 Å². The first kappa shape index (κ1) is 17.9. The molecular weight excluding hydrogens is 352 g/mol. The molecule has 4 rings (SSSR count). The summed E-state index contributed by atoms with van der Waals surface area (Å²) in [4.78, 5) is 0. The molecule has 0 spiro atoms. The highest BCUT2D eigenvalue weighted by molar-refractivity contribution is 5.73. The van der Waals surface area contributed by atoms with E-state index >= 15 is 0 Å². The molecule has 28 heavy (non-hydrogen) atoms. The van der Waals surface area contributed by atoms with Crippen LogP contribution in [0.25, 0.3) is 16.9 Å². The van der Waals surface area contributed by atoms with Gasteiger partial charge in [-0.15, -0.1) is 0 Å². The number of anilines is 1. The highest BCUT2D eigenvalue weighted by Crippen LogP contribution is 2.37. The minimum Gasteiger partial charge on any atom is -0.497 e. The van der Waals surface area contributed by atoms with E-state index in [2.05, 4.69) is 11.4 Å². The number of methoxy groups -OCH3 is 2. The van der Waals surface area contributed by atoms with Crippen LogP contribution in [0.4, 0.5) is 5.82 Å². The number of fused-ring (bicyclic) bond motifs is 1. The molecule has 6 heteroatoms. The van der Waals surface area contributed by atoms with Crippen molar-refractivity contribution in [2.75, 3.05) is 26.1 Å². The number of hydrogen-bond donors (Lipinski definition) is 1. The minimum atomic E-state index is 0.632. The standard InChI is InChI=1S/C22H22N4O2/c1-27-18-11-16(12-19(13-18)28-2)21-20-5-3-4-10-24-22(20)26(25-21)17-8-6-15(14-23)7-9-17/h6-9,11-13,24H,3-5,10H2,1-2H3. The lowest BCUT2D eigenvalue weighted by Crippen LogP contribution is -2.07. The largest absolute Gasteiger partial charge is 0.497 e. The predicted octanol–water partition coefficient (Wildman–Crippen LogP) is 4.18. The van der Waals surface area contributed by atoms with Gasteiger partial charge in [0.25, 0.3) is 0 Å². The molecule has 0 atom stereocenters. The van der Waals surface area contributed by atoms with Gasteiger partial charge in [0.2, 0.25) is 0 Å². The van der Waals surface area contributed by atoms with E-state index in [9.17, 15) is 0 Å². The highest BCUT2D eigenvalue weighted by Gasteiger charge is 2.22. The van der Waals surface area contributed by atoms with Crippen molar-refractivity contribution in [1.29, 1.82) is 5.26 Å². The molecule has 0 amide bonds. The second-order valence-electron chi connectivity index (χ2n) is 6.73. The topological polar surface area (TPSA) is 72.1 Å². The van der Waals surface area contributed by atoms with E-state index in [-0.39, 0.29) is 0 Å². The van der Waals surface area contributed by atoms with Crippen LogP contribution in [0.3, 0.4) is 0 Å². The SMILES string of the molecule is COc1cc(OC)cc(-c2nn(-c3ccc(C#N)cc3)c3c2CCCCN3)c1. The summed E-state index contributed by atoms with van der Waals surface area (Å²) in [6.07, 6.45) is 3.17. The van der Waals surface area contributed by atoms with Crippen LogP contribution in [0.1, 0.15) is 24.0 Å². The zero-order valence-corrected chi connectivity index (χ0v) is 16.0. The van der Waals surface area contributed by atoms with E-state index in [0.29, 0.717) is 5.56 Å². The van der Waals surface area contributed by atoms with Crippen LogP contribution < -0.4 is 14.8 Å². The molecule has 2 heterocycles. The molecule has 6 nitrogen and oxygen atoms in total. The fourth-order valence-corrected chi connectivity index (χ4v) is 3.54. The maximum absolute atomic E-state index is 9.07. The van der Waals surface area contributed by atoms with Crippen LogP contribution in [-0.2, 0) is 6.42 Å². The summed E-state index contributed by atoms with van der Waals surface area (Å²) in [5, 5.41) is 17.6. The van der Waals surface area contributed by atoms with Crippen molar-refractivity contribution in [2.24, 2.45) is 0 Å². The summed E-state index contributed by atoms with van der Waals surface area (Å²) in [5.74, 6) is 2.48. The Hall–Kier alpha value is -3.46. The number of nitrogens with zero attached hydrogens (tertiary/aromatic N) is 3. The summed E-state index contributed by atoms with van der Waals surface area (Å²) in [6, 6.07) is 15.5. The first-order valence-electron chi connectivity index (χ1n) is 9.33. The van der Waals surface area contributed by atoms with Gasteiger partial charge in [0.15, 0.2) is 0 Å². The molecule has 1 aliphatic rings. The Morgan fingerprint density at radius 1 is 1.04 bits per heavy atom. The van der Waals surface area contributed by atoms with E-state index in [0.717, 1.165) is 60.1 Å². The molecule has 0 aliphatic carbocycles. The predicted molar refractivity (Wildman–Crippen MR) is 108 cm³/mol. The van der Waals surface area contributed by atoms with Crippen molar-refractivity contribution in [3.8, 4) is 34.5 Å². The van der Waals surface area contributed by atoms with E-state index in [1.54, 1.807) is 14.2 Å². The van der Waals surface area contributed by atoms with Gasteiger partial charge in [-0.25, -0.2) is 4.68 Å². The minimum absolute atomic E-state index is 0.632. The van der Waals surface area contributed by atoms with Gasteiger partial charge in [-0.2, -0.15) is 10.4 Å². The Balaban J connectivity index is 1.89. The summed E-state index contributed by atoms with van der Waals surface area (Å²) in [7, 11) is 3.30. The van der Waals surface area contributed by atoms with Crippen molar-refractivity contribution in [1.82, 2.24) is 9.78 Å². The van der Waals surface area contributed by atoms with Crippen LogP contribution in [0.2, 0.25) is 0 Å². The molecular formula is C22H22N4O2. The third kappa shape index (κ3) is 3.27. The van der Waals surface area contributed by atoms with Gasteiger partial charge in [-0.1, -0.05) is 0 Å². The Bertz CT molecular complexity index is 1010. The zero-order chi connectivity index (χ0) is 19.5. The van der Waals surface area contributed by atoms with Gasteiger partial charge in [-0.05, 0) is 55.7 Å². The normalized spacial score (nSPS) is 13.0. The Kier molecular flexibility index (Phi) is 4.90. The van der Waals surface area contributed by atoms with Crippen LogP contribution in [-0.4, -0.2) is 30.5 Å². The fraction of sp³-hybridized carbons (Fsp3) is 0.273. The summed E-state index contributed by atoms with van der Waals surface area (Å²) in [5.41, 5.74) is 4.63. The number of aromatic nitrogens is 2. The van der Waals surface area contributed by atoms with Gasteiger partial charge >= 0.3 is 0 Å². The fourth-order valence-electron chi connectivity index (χ4n) is 3.54. The Morgan fingerprint density at radius 2 is 1.75 bits per heavy atom. The summed E-state index contributed by atoms with van der Waals surface area (Å²) >= 11 is 0. The zero-order valence-electron chi connectivity index (χ0n) is 16.0. The van der Waals surface area contributed by atoms with E-state index < -0.39 is 0 Å². The number of ether oxygens (including phenoxy) is 2. The number of benzene rings is 2. The summed E-state index contributed by atoms with van der Waals surface area (Å²) < 4.78 is 12.8. The average Bonchev–Trinajstić information content (AvgIpc) is 2.94. The molecule has 0 unspecified atom stereocenters. The average molecular weight is 374 g/mol. The molecule has 2 aromatic carbocycles. The molecule has 0 saturated heterocycles. The lowest BCUT2D eigenvalue weighted by molar-refractivity contribution is 0.394. The first-order valence-corrected chi connectivity index (χ1v) is 9.33. The van der Waals surface area contributed by atoms with Gasteiger partial charge in [0.05, 0.1) is 37.2 Å². The molecule has 3 aromatic rings. The monoisotopic (exact) mass is 374 g/mol. The van der Waals surface area contributed by atoms with Gasteiger partial charge in [0.1, 0.15) is 17.3 Å². The molecule has 0 fully saturated rings. The molecule has 142 valence electrons. The lowest BCUT2D eigenvalue weighted by atomic mass is 10.0. The highest BCUT2D eigenvalue weighted by atomic mass is 16.5. The van der Waals surface area contributed by atoms with Gasteiger partial charge in [-0.3, -0.25) is 0 Å². The van der Waals surface area contributed by atoms with Crippen molar-refractivity contribution < 1.29 is 9.47 Å². The number of hydrogen-bond acceptors (Lipinski definition) is 5. The molecule has 0 bridgehead atoms. The Morgan fingerprint density at radius 3 is 2.39 bits per heavy atom. The lowest BCUT2D eigenvalue weighted by Gasteiger charge is -2.09. The van der Waals surface area contributed by atoms with E-state index in [1.165, 1.54) is 5.56 Å². The number of rotatable bonds is 4. The van der Waals surface area contributed by atoms with Crippen molar-refractivity contribution in [3.63, 3.8) is 0 Å². The molecule has 0 radical (unpaired) electrons. The van der Waals surface area contributed by atoms with Gasteiger partial charge < -0.3 is 14.8 Å². The van der Waals surface area contributed by atoms with E-state index in [1.807, 2.05) is 47.1 Å². The van der Waals surface area contributed by atoms with Crippen LogP contribution >= 0.6 is 0 Å². The van der Waals surface area contributed by atoms with Crippen molar-refractivity contribution in [3.05, 3.63) is 53.6 Å². The molecule has 1 aromatic heterocycles. The van der Waals surface area contributed by atoms with Crippen LogP contribution in [0.15, 0.2) is 42.5 Å². The second kappa shape index (κ2) is 7.65. The number of nitrogens with one attached hydrogen (secondary N) is 1. The van der Waals surface area contributed by atoms with E-state index in [4.69, 9.17) is 19.8 Å². The molecule has 0 saturated carbocycles. The first-order chi connectivity index (χ1) is 13.7. The van der Waals surface area contributed by atoms with Crippen molar-refractivity contribution >= 4 is 5.82 Å². The Labute approximate surface area is 164 Å². The number of nitriles is 1. The maximum Gasteiger partial charge on any atom is 0.133 e. The maximum atomic E-state index is 9.07. The molecule has 1 N–H and O–H groups in total.